The van der Waals surface area contributed by atoms with Gasteiger partial charge in [-0.15, -0.1) is 0 Å². The average Bonchev–Trinajstić information content (AvgIpc) is 2.88. The summed E-state index contributed by atoms with van der Waals surface area (Å²) in [5.41, 5.74) is 0.883. The Morgan fingerprint density at radius 2 is 1.74 bits per heavy atom. The molecule has 3 rings (SSSR count). The van der Waals surface area contributed by atoms with Crippen LogP contribution < -0.4 is 19.5 Å². The Labute approximate surface area is 202 Å². The molecule has 0 saturated heterocycles. The van der Waals surface area contributed by atoms with E-state index >= 15 is 0 Å². The number of ether oxygens (including phenoxy) is 3. The maximum atomic E-state index is 13.4. The molecular formula is C27H36N2O5. The third-order valence-electron chi connectivity index (χ3n) is 6.24. The Morgan fingerprint density at radius 1 is 1.00 bits per heavy atom. The fraction of sp³-hybridized carbons (Fsp3) is 0.481. The Bertz CT molecular complexity index is 942. The van der Waals surface area contributed by atoms with Gasteiger partial charge in [-0.1, -0.05) is 50.5 Å². The van der Waals surface area contributed by atoms with Crippen molar-refractivity contribution >= 4 is 11.8 Å². The van der Waals surface area contributed by atoms with Gasteiger partial charge in [0, 0.05) is 12.6 Å². The quantitative estimate of drug-likeness (QED) is 0.531. The summed E-state index contributed by atoms with van der Waals surface area (Å²) < 4.78 is 16.5. The first-order valence-corrected chi connectivity index (χ1v) is 12.0. The number of carbonyl (C=O) groups is 2. The Balaban J connectivity index is 1.78. The summed E-state index contributed by atoms with van der Waals surface area (Å²) in [5, 5.41) is 3.19. The van der Waals surface area contributed by atoms with Gasteiger partial charge in [-0.05, 0) is 49.1 Å². The summed E-state index contributed by atoms with van der Waals surface area (Å²) >= 11 is 0. The van der Waals surface area contributed by atoms with Gasteiger partial charge in [0.25, 0.3) is 5.91 Å². The van der Waals surface area contributed by atoms with Crippen molar-refractivity contribution < 1.29 is 23.8 Å². The van der Waals surface area contributed by atoms with Gasteiger partial charge in [-0.2, -0.15) is 0 Å². The standard InChI is InChI=1S/C27H36N2O5/c1-4-23(27(31)28-21-12-6-5-7-13-21)29(18-20-11-10-14-22(17-20)32-2)26(30)19-34-25-16-9-8-15-24(25)33-3/h8-11,14-17,21,23H,4-7,12-13,18-19H2,1-3H3,(H,28,31)/t23-/m1/s1. The van der Waals surface area contributed by atoms with E-state index in [4.69, 9.17) is 14.2 Å². The second-order valence-corrected chi connectivity index (χ2v) is 8.58. The predicted molar refractivity (Wildman–Crippen MR) is 131 cm³/mol. The van der Waals surface area contributed by atoms with Crippen LogP contribution in [-0.2, 0) is 16.1 Å². The van der Waals surface area contributed by atoms with E-state index in [1.807, 2.05) is 43.3 Å². The number of nitrogens with one attached hydrogen (secondary N) is 1. The molecule has 0 radical (unpaired) electrons. The fourth-order valence-electron chi connectivity index (χ4n) is 4.39. The van der Waals surface area contributed by atoms with Crippen molar-refractivity contribution in [3.05, 3.63) is 54.1 Å². The molecule has 0 bridgehead atoms. The van der Waals surface area contributed by atoms with Gasteiger partial charge >= 0.3 is 0 Å². The van der Waals surface area contributed by atoms with E-state index in [9.17, 15) is 9.59 Å². The summed E-state index contributed by atoms with van der Waals surface area (Å²) in [7, 11) is 3.16. The van der Waals surface area contributed by atoms with Crippen molar-refractivity contribution in [2.75, 3.05) is 20.8 Å². The van der Waals surface area contributed by atoms with Gasteiger partial charge < -0.3 is 24.4 Å². The van der Waals surface area contributed by atoms with Crippen LogP contribution in [0.5, 0.6) is 17.2 Å². The minimum absolute atomic E-state index is 0.108. The highest BCUT2D eigenvalue weighted by atomic mass is 16.5. The molecular weight excluding hydrogens is 432 g/mol. The van der Waals surface area contributed by atoms with Gasteiger partial charge in [0.05, 0.1) is 14.2 Å². The van der Waals surface area contributed by atoms with Crippen molar-refractivity contribution in [3.63, 3.8) is 0 Å². The lowest BCUT2D eigenvalue weighted by Crippen LogP contribution is -2.52. The molecule has 1 N–H and O–H groups in total. The van der Waals surface area contributed by atoms with E-state index < -0.39 is 6.04 Å². The number of rotatable bonds is 11. The number of hydrogen-bond donors (Lipinski definition) is 1. The number of nitrogens with zero attached hydrogens (tertiary/aromatic N) is 1. The number of para-hydroxylation sites is 2. The number of methoxy groups -OCH3 is 2. The summed E-state index contributed by atoms with van der Waals surface area (Å²) in [6.07, 6.45) is 5.95. The molecule has 1 aliphatic carbocycles. The monoisotopic (exact) mass is 468 g/mol. The van der Waals surface area contributed by atoms with Crippen LogP contribution in [0.3, 0.4) is 0 Å². The maximum absolute atomic E-state index is 13.4. The molecule has 7 heteroatoms. The van der Waals surface area contributed by atoms with Crippen molar-refractivity contribution in [2.45, 2.75) is 64.1 Å². The molecule has 2 aromatic carbocycles. The molecule has 0 unspecified atom stereocenters. The first kappa shape index (κ1) is 25.4. The van der Waals surface area contributed by atoms with Crippen LogP contribution in [0, 0.1) is 0 Å². The third-order valence-corrected chi connectivity index (χ3v) is 6.24. The van der Waals surface area contributed by atoms with Gasteiger partial charge in [0.15, 0.2) is 18.1 Å². The normalized spacial score (nSPS) is 14.7. The fourth-order valence-corrected chi connectivity index (χ4v) is 4.39. The number of benzene rings is 2. The molecule has 2 aromatic rings. The summed E-state index contributed by atoms with van der Waals surface area (Å²) in [4.78, 5) is 28.3. The first-order valence-electron chi connectivity index (χ1n) is 12.0. The van der Waals surface area contributed by atoms with Crippen LogP contribution in [0.2, 0.25) is 0 Å². The zero-order chi connectivity index (χ0) is 24.3. The molecule has 0 heterocycles. The number of amides is 2. The first-order chi connectivity index (χ1) is 16.5. The van der Waals surface area contributed by atoms with Gasteiger partial charge in [0.2, 0.25) is 5.91 Å². The van der Waals surface area contributed by atoms with E-state index in [2.05, 4.69) is 5.32 Å². The summed E-state index contributed by atoms with van der Waals surface area (Å²) in [5.74, 6) is 1.37. The van der Waals surface area contributed by atoms with E-state index in [0.717, 1.165) is 31.2 Å². The van der Waals surface area contributed by atoms with Crippen LogP contribution in [0.1, 0.15) is 51.0 Å². The second-order valence-electron chi connectivity index (χ2n) is 8.58. The van der Waals surface area contributed by atoms with E-state index in [-0.39, 0.29) is 31.0 Å². The van der Waals surface area contributed by atoms with Crippen molar-refractivity contribution in [2.24, 2.45) is 0 Å². The SMILES string of the molecule is CC[C@H](C(=O)NC1CCCCC1)N(Cc1cccc(OC)c1)C(=O)COc1ccccc1OC. The Hall–Kier alpha value is -3.22. The number of carbonyl (C=O) groups excluding carboxylic acids is 2. The largest absolute Gasteiger partial charge is 0.497 e. The molecule has 1 atom stereocenters. The highest BCUT2D eigenvalue weighted by molar-refractivity contribution is 5.88. The summed E-state index contributed by atoms with van der Waals surface area (Å²) in [6, 6.07) is 14.3. The second kappa shape index (κ2) is 12.9. The van der Waals surface area contributed by atoms with Crippen LogP contribution in [-0.4, -0.2) is 49.6 Å². The van der Waals surface area contributed by atoms with Crippen molar-refractivity contribution in [3.8, 4) is 17.2 Å². The zero-order valence-electron chi connectivity index (χ0n) is 20.4. The van der Waals surface area contributed by atoms with Crippen LogP contribution in [0.15, 0.2) is 48.5 Å². The number of hydrogen-bond acceptors (Lipinski definition) is 5. The molecule has 0 spiro atoms. The van der Waals surface area contributed by atoms with E-state index in [1.165, 1.54) is 6.42 Å². The smallest absolute Gasteiger partial charge is 0.261 e. The van der Waals surface area contributed by atoms with Crippen LogP contribution in [0.4, 0.5) is 0 Å². The molecule has 0 aliphatic heterocycles. The zero-order valence-corrected chi connectivity index (χ0v) is 20.4. The van der Waals surface area contributed by atoms with Crippen LogP contribution >= 0.6 is 0 Å². The summed E-state index contributed by atoms with van der Waals surface area (Å²) in [6.45, 7) is 2.01. The molecule has 1 fully saturated rings. The third kappa shape index (κ3) is 6.89. The van der Waals surface area contributed by atoms with Gasteiger partial charge in [-0.3, -0.25) is 9.59 Å². The molecule has 34 heavy (non-hydrogen) atoms. The molecule has 2 amide bonds. The lowest BCUT2D eigenvalue weighted by molar-refractivity contribution is -0.143. The van der Waals surface area contributed by atoms with Crippen molar-refractivity contribution in [1.29, 1.82) is 0 Å². The van der Waals surface area contributed by atoms with E-state index in [1.54, 1.807) is 31.3 Å². The van der Waals surface area contributed by atoms with Gasteiger partial charge in [-0.25, -0.2) is 0 Å². The van der Waals surface area contributed by atoms with Crippen LogP contribution in [0.25, 0.3) is 0 Å². The lowest BCUT2D eigenvalue weighted by Gasteiger charge is -2.32. The highest BCUT2D eigenvalue weighted by Gasteiger charge is 2.30. The van der Waals surface area contributed by atoms with Gasteiger partial charge in [0.1, 0.15) is 11.8 Å². The predicted octanol–water partition coefficient (Wildman–Crippen LogP) is 4.34. The van der Waals surface area contributed by atoms with Crippen molar-refractivity contribution in [1.82, 2.24) is 10.2 Å². The van der Waals surface area contributed by atoms with E-state index in [0.29, 0.717) is 23.7 Å². The minimum Gasteiger partial charge on any atom is -0.497 e. The highest BCUT2D eigenvalue weighted by Crippen LogP contribution is 2.26. The Kier molecular flexibility index (Phi) is 9.62. The molecule has 1 aliphatic rings. The maximum Gasteiger partial charge on any atom is 0.261 e. The lowest BCUT2D eigenvalue weighted by atomic mass is 9.95. The topological polar surface area (TPSA) is 77.1 Å². The average molecular weight is 469 g/mol. The molecule has 184 valence electrons. The molecule has 0 aromatic heterocycles. The Morgan fingerprint density at radius 3 is 2.41 bits per heavy atom. The molecule has 1 saturated carbocycles. The minimum atomic E-state index is -0.595. The molecule has 7 nitrogen and oxygen atoms in total.